The zero-order chi connectivity index (χ0) is 14.0. The van der Waals surface area contributed by atoms with Crippen LogP contribution in [0.1, 0.15) is 25.7 Å². The zero-order valence-corrected chi connectivity index (χ0v) is 12.2. The maximum Gasteiger partial charge on any atom is 0.139 e. The molecule has 0 spiro atoms. The van der Waals surface area contributed by atoms with E-state index in [2.05, 4.69) is 10.3 Å². The lowest BCUT2D eigenvalue weighted by Crippen LogP contribution is -2.37. The normalized spacial score (nSPS) is 16.9. The highest BCUT2D eigenvalue weighted by molar-refractivity contribution is 6.34. The van der Waals surface area contributed by atoms with Gasteiger partial charge in [-0.15, -0.1) is 0 Å². The fourth-order valence-corrected chi connectivity index (χ4v) is 3.22. The number of hydrogen-bond donors (Lipinski definition) is 2. The number of halogens is 1. The minimum Gasteiger partial charge on any atom is -0.396 e. The van der Waals surface area contributed by atoms with Crippen LogP contribution in [0.4, 0.5) is 5.82 Å². The number of aliphatic hydroxyl groups excluding tert-OH is 1. The van der Waals surface area contributed by atoms with E-state index in [1.807, 2.05) is 30.3 Å². The van der Waals surface area contributed by atoms with Crippen LogP contribution in [-0.4, -0.2) is 23.2 Å². The first kappa shape index (κ1) is 13.7. The van der Waals surface area contributed by atoms with Gasteiger partial charge in [0.05, 0.1) is 0 Å². The van der Waals surface area contributed by atoms with Gasteiger partial charge < -0.3 is 10.4 Å². The quantitative estimate of drug-likeness (QED) is 0.822. The number of benzene rings is 1. The Bertz CT molecular complexity index is 610. The Balaban J connectivity index is 1.77. The Morgan fingerprint density at radius 2 is 2.10 bits per heavy atom. The van der Waals surface area contributed by atoms with Crippen molar-refractivity contribution in [1.82, 2.24) is 4.98 Å². The molecule has 3 rings (SSSR count). The lowest BCUT2D eigenvalue weighted by Gasteiger charge is -2.42. The molecule has 1 fully saturated rings. The summed E-state index contributed by atoms with van der Waals surface area (Å²) in [5, 5.41) is 15.2. The van der Waals surface area contributed by atoms with Gasteiger partial charge in [0, 0.05) is 18.5 Å². The van der Waals surface area contributed by atoms with Crippen molar-refractivity contribution in [3.8, 4) is 0 Å². The molecule has 1 aromatic heterocycles. The second-order valence-electron chi connectivity index (χ2n) is 5.70. The van der Waals surface area contributed by atoms with Gasteiger partial charge in [0.2, 0.25) is 0 Å². The molecule has 0 amide bonds. The summed E-state index contributed by atoms with van der Waals surface area (Å²) in [6, 6.07) is 10.0. The van der Waals surface area contributed by atoms with E-state index in [1.54, 1.807) is 0 Å². The fraction of sp³-hybridized carbons (Fsp3) is 0.438. The highest BCUT2D eigenvalue weighted by Gasteiger charge is 2.36. The van der Waals surface area contributed by atoms with E-state index < -0.39 is 0 Å². The molecule has 1 aromatic carbocycles. The van der Waals surface area contributed by atoms with Crippen molar-refractivity contribution >= 4 is 28.2 Å². The molecule has 20 heavy (non-hydrogen) atoms. The highest BCUT2D eigenvalue weighted by Crippen LogP contribution is 2.43. The summed E-state index contributed by atoms with van der Waals surface area (Å²) >= 11 is 6.23. The predicted molar refractivity (Wildman–Crippen MR) is 83.2 cm³/mol. The molecule has 1 aliphatic rings. The Hall–Kier alpha value is -1.32. The number of fused-ring (bicyclic) bond motifs is 1. The molecule has 106 valence electrons. The van der Waals surface area contributed by atoms with Crippen molar-refractivity contribution in [3.05, 3.63) is 35.5 Å². The molecular weight excluding hydrogens is 272 g/mol. The van der Waals surface area contributed by atoms with E-state index in [1.165, 1.54) is 19.3 Å². The minimum absolute atomic E-state index is 0.245. The second kappa shape index (κ2) is 5.58. The minimum atomic E-state index is 0.245. The number of aromatic nitrogens is 1. The summed E-state index contributed by atoms with van der Waals surface area (Å²) in [6.07, 6.45) is 4.48. The van der Waals surface area contributed by atoms with Crippen LogP contribution >= 0.6 is 11.6 Å². The lowest BCUT2D eigenvalue weighted by atomic mass is 9.67. The van der Waals surface area contributed by atoms with E-state index in [0.29, 0.717) is 5.15 Å². The van der Waals surface area contributed by atoms with Gasteiger partial charge in [-0.25, -0.2) is 4.98 Å². The fourth-order valence-electron chi connectivity index (χ4n) is 2.95. The molecule has 3 nitrogen and oxygen atoms in total. The van der Waals surface area contributed by atoms with Gasteiger partial charge in [0.1, 0.15) is 11.0 Å². The summed E-state index contributed by atoms with van der Waals surface area (Å²) in [5.74, 6) is 0.818. The molecule has 2 aromatic rings. The van der Waals surface area contributed by atoms with Gasteiger partial charge in [-0.05, 0) is 36.1 Å². The van der Waals surface area contributed by atoms with Crippen LogP contribution in [0, 0.1) is 5.41 Å². The monoisotopic (exact) mass is 290 g/mol. The first-order valence-corrected chi connectivity index (χ1v) is 7.50. The van der Waals surface area contributed by atoms with E-state index in [9.17, 15) is 5.11 Å². The molecule has 0 radical (unpaired) electrons. The van der Waals surface area contributed by atoms with Crippen LogP contribution in [0.25, 0.3) is 10.8 Å². The number of anilines is 1. The average Bonchev–Trinajstić information content (AvgIpc) is 2.42. The molecular formula is C16H19ClN2O. The Kier molecular flexibility index (Phi) is 3.81. The molecule has 0 unspecified atom stereocenters. The Morgan fingerprint density at radius 1 is 1.30 bits per heavy atom. The summed E-state index contributed by atoms with van der Waals surface area (Å²) in [7, 11) is 0. The van der Waals surface area contributed by atoms with Crippen LogP contribution in [-0.2, 0) is 0 Å². The van der Waals surface area contributed by atoms with Crippen LogP contribution < -0.4 is 5.32 Å². The van der Waals surface area contributed by atoms with Crippen molar-refractivity contribution in [3.63, 3.8) is 0 Å². The summed E-state index contributed by atoms with van der Waals surface area (Å²) in [6.45, 7) is 1.11. The van der Waals surface area contributed by atoms with Gasteiger partial charge in [-0.2, -0.15) is 0 Å². The molecule has 2 N–H and O–H groups in total. The van der Waals surface area contributed by atoms with Gasteiger partial charge in [0.15, 0.2) is 0 Å². The van der Waals surface area contributed by atoms with Crippen molar-refractivity contribution in [2.45, 2.75) is 25.7 Å². The molecule has 4 heteroatoms. The third-order valence-corrected chi connectivity index (χ3v) is 4.68. The van der Waals surface area contributed by atoms with Gasteiger partial charge in [0.25, 0.3) is 0 Å². The van der Waals surface area contributed by atoms with Crippen molar-refractivity contribution in [1.29, 1.82) is 0 Å². The standard InChI is InChI=1S/C16H19ClN2O/c17-15-13-5-2-1-4-12(13)10-14(19-15)18-11-16(8-9-20)6-3-7-16/h1-2,4-5,10,20H,3,6-9,11H2,(H,18,19). The first-order valence-electron chi connectivity index (χ1n) is 7.12. The van der Waals surface area contributed by atoms with E-state index in [4.69, 9.17) is 11.6 Å². The van der Waals surface area contributed by atoms with Crippen LogP contribution in [0.2, 0.25) is 5.15 Å². The van der Waals surface area contributed by atoms with Crippen LogP contribution in [0.15, 0.2) is 30.3 Å². The van der Waals surface area contributed by atoms with Crippen molar-refractivity contribution < 1.29 is 5.11 Å². The maximum atomic E-state index is 9.19. The summed E-state index contributed by atoms with van der Waals surface area (Å²) in [4.78, 5) is 4.41. The Morgan fingerprint density at radius 3 is 2.80 bits per heavy atom. The predicted octanol–water partition coefficient (Wildman–Crippen LogP) is 3.85. The average molecular weight is 291 g/mol. The van der Waals surface area contributed by atoms with Crippen LogP contribution in [0.5, 0.6) is 0 Å². The van der Waals surface area contributed by atoms with Crippen LogP contribution in [0.3, 0.4) is 0 Å². The molecule has 0 bridgehead atoms. The highest BCUT2D eigenvalue weighted by atomic mass is 35.5. The Labute approximate surface area is 124 Å². The number of pyridine rings is 1. The smallest absolute Gasteiger partial charge is 0.139 e. The topological polar surface area (TPSA) is 45.1 Å². The number of nitrogens with zero attached hydrogens (tertiary/aromatic N) is 1. The zero-order valence-electron chi connectivity index (χ0n) is 11.4. The summed E-state index contributed by atoms with van der Waals surface area (Å²) < 4.78 is 0. The van der Waals surface area contributed by atoms with Crippen molar-refractivity contribution in [2.75, 3.05) is 18.5 Å². The molecule has 1 heterocycles. The van der Waals surface area contributed by atoms with E-state index in [-0.39, 0.29) is 12.0 Å². The number of hydrogen-bond acceptors (Lipinski definition) is 3. The molecule has 1 aliphatic carbocycles. The summed E-state index contributed by atoms with van der Waals surface area (Å²) in [5.41, 5.74) is 0.245. The SMILES string of the molecule is OCCC1(CNc2cc3ccccc3c(Cl)n2)CCC1. The lowest BCUT2D eigenvalue weighted by molar-refractivity contribution is 0.102. The molecule has 0 saturated heterocycles. The molecule has 1 saturated carbocycles. The number of rotatable bonds is 5. The molecule has 0 atom stereocenters. The maximum absolute atomic E-state index is 9.19. The van der Waals surface area contributed by atoms with E-state index in [0.717, 1.165) is 29.6 Å². The number of aliphatic hydroxyl groups is 1. The molecule has 0 aliphatic heterocycles. The van der Waals surface area contributed by atoms with Gasteiger partial charge >= 0.3 is 0 Å². The van der Waals surface area contributed by atoms with Crippen molar-refractivity contribution in [2.24, 2.45) is 5.41 Å². The largest absolute Gasteiger partial charge is 0.396 e. The van der Waals surface area contributed by atoms with Gasteiger partial charge in [-0.3, -0.25) is 0 Å². The second-order valence-corrected chi connectivity index (χ2v) is 6.06. The first-order chi connectivity index (χ1) is 9.72. The van der Waals surface area contributed by atoms with Gasteiger partial charge in [-0.1, -0.05) is 42.3 Å². The number of nitrogens with one attached hydrogen (secondary N) is 1. The third-order valence-electron chi connectivity index (χ3n) is 4.39. The van der Waals surface area contributed by atoms with E-state index >= 15 is 0 Å². The third kappa shape index (κ3) is 2.60.